The number of anilines is 1. The molecule has 3 unspecified atom stereocenters. The summed E-state index contributed by atoms with van der Waals surface area (Å²) in [4.78, 5) is 46.4. The zero-order chi connectivity index (χ0) is 27.1. The van der Waals surface area contributed by atoms with Gasteiger partial charge in [0, 0.05) is 38.1 Å². The summed E-state index contributed by atoms with van der Waals surface area (Å²) in [6.07, 6.45) is 3.39. The molecule has 1 aromatic carbocycles. The third-order valence-electron chi connectivity index (χ3n) is 7.68. The van der Waals surface area contributed by atoms with Crippen molar-refractivity contribution >= 4 is 50.9 Å². The number of halogens is 2. The second-order valence-corrected chi connectivity index (χ2v) is 11.5. The van der Waals surface area contributed by atoms with Gasteiger partial charge in [0.1, 0.15) is 11.6 Å². The molecule has 3 aliphatic rings. The van der Waals surface area contributed by atoms with E-state index in [0.717, 1.165) is 5.56 Å². The molecule has 0 radical (unpaired) electrons. The van der Waals surface area contributed by atoms with Gasteiger partial charge in [-0.2, -0.15) is 0 Å². The van der Waals surface area contributed by atoms with Gasteiger partial charge in [-0.15, -0.1) is 13.2 Å². The van der Waals surface area contributed by atoms with Crippen LogP contribution in [-0.2, 0) is 19.1 Å². The maximum atomic E-state index is 14.5. The number of rotatable bonds is 10. The minimum Gasteiger partial charge on any atom is -0.396 e. The van der Waals surface area contributed by atoms with Gasteiger partial charge in [0.2, 0.25) is 11.8 Å². The summed E-state index contributed by atoms with van der Waals surface area (Å²) in [6.45, 7) is 9.93. The fourth-order valence-electron chi connectivity index (χ4n) is 6.24. The SMILES string of the molecule is C=CCN(C)C(=O)[C@H]1[C@@H]2OC3(CC2Br)C(C(=O)N(CC=C)c2c(C)cccc2Cl)N(CCCO)C(=O)[C@H]13. The van der Waals surface area contributed by atoms with Crippen LogP contribution in [0.5, 0.6) is 0 Å². The Bertz CT molecular complexity index is 1100. The minimum atomic E-state index is -1.19. The largest absolute Gasteiger partial charge is 0.396 e. The van der Waals surface area contributed by atoms with Crippen LogP contribution in [0.1, 0.15) is 18.4 Å². The summed E-state index contributed by atoms with van der Waals surface area (Å²) in [5.41, 5.74) is 0.161. The molecule has 10 heteroatoms. The molecule has 3 fully saturated rings. The highest BCUT2D eigenvalue weighted by Crippen LogP contribution is 2.60. The van der Waals surface area contributed by atoms with E-state index in [1.54, 1.807) is 30.2 Å². The van der Waals surface area contributed by atoms with Crippen LogP contribution in [0.2, 0.25) is 5.02 Å². The number of amides is 3. The molecule has 1 aromatic rings. The maximum absolute atomic E-state index is 14.5. The lowest BCUT2D eigenvalue weighted by Gasteiger charge is -2.37. The van der Waals surface area contributed by atoms with E-state index >= 15 is 0 Å². The van der Waals surface area contributed by atoms with Crippen LogP contribution < -0.4 is 4.90 Å². The Morgan fingerprint density at radius 2 is 2.00 bits per heavy atom. The van der Waals surface area contributed by atoms with Crippen molar-refractivity contribution in [2.24, 2.45) is 11.8 Å². The van der Waals surface area contributed by atoms with E-state index in [2.05, 4.69) is 29.1 Å². The number of fused-ring (bicyclic) bond motifs is 1. The molecule has 1 N–H and O–H groups in total. The Hall–Kier alpha value is -2.20. The lowest BCUT2D eigenvalue weighted by molar-refractivity contribution is -0.144. The van der Waals surface area contributed by atoms with Crippen LogP contribution >= 0.6 is 27.5 Å². The van der Waals surface area contributed by atoms with E-state index in [-0.39, 0.29) is 42.2 Å². The molecule has 3 saturated heterocycles. The first-order chi connectivity index (χ1) is 17.6. The highest BCUT2D eigenvalue weighted by atomic mass is 79.9. The number of aryl methyl sites for hydroxylation is 1. The quantitative estimate of drug-likeness (QED) is 0.332. The maximum Gasteiger partial charge on any atom is 0.253 e. The van der Waals surface area contributed by atoms with Gasteiger partial charge < -0.3 is 24.5 Å². The van der Waals surface area contributed by atoms with Crippen molar-refractivity contribution in [2.75, 3.05) is 38.2 Å². The van der Waals surface area contributed by atoms with E-state index in [1.165, 1.54) is 9.80 Å². The Balaban J connectivity index is 1.82. The molecule has 0 aliphatic carbocycles. The average molecular weight is 595 g/mol. The van der Waals surface area contributed by atoms with E-state index in [0.29, 0.717) is 30.1 Å². The van der Waals surface area contributed by atoms with Crippen LogP contribution in [0.3, 0.4) is 0 Å². The number of carbonyl (C=O) groups is 3. The molecule has 37 heavy (non-hydrogen) atoms. The van der Waals surface area contributed by atoms with Gasteiger partial charge in [0.15, 0.2) is 0 Å². The van der Waals surface area contributed by atoms with Crippen molar-refractivity contribution in [3.05, 3.63) is 54.1 Å². The van der Waals surface area contributed by atoms with E-state index in [9.17, 15) is 19.5 Å². The fourth-order valence-corrected chi connectivity index (χ4v) is 7.51. The molecule has 0 saturated carbocycles. The summed E-state index contributed by atoms with van der Waals surface area (Å²) in [5, 5.41) is 9.96. The summed E-state index contributed by atoms with van der Waals surface area (Å²) in [6, 6.07) is 4.41. The molecule has 4 rings (SSSR count). The summed E-state index contributed by atoms with van der Waals surface area (Å²) in [7, 11) is 1.67. The van der Waals surface area contributed by atoms with Crippen LogP contribution in [0, 0.1) is 18.8 Å². The molecule has 2 bridgehead atoms. The topological polar surface area (TPSA) is 90.4 Å². The standard InChI is InChI=1S/C27H33BrClN3O5/c1-5-11-30(4)24(34)19-20-25(35)32(13-8-14-33)23(27(20)15-17(28)22(19)37-27)26(36)31(12-6-2)21-16(3)9-7-10-18(21)29/h5-7,9-10,17,19-20,22-23,33H,1-2,8,11-15H2,3-4H3/t17?,19-,20+,22-,23?,27?/m1/s1. The Kier molecular flexibility index (Phi) is 8.19. The minimum absolute atomic E-state index is 0.142. The highest BCUT2D eigenvalue weighted by molar-refractivity contribution is 9.09. The second kappa shape index (κ2) is 10.9. The molecule has 0 aromatic heterocycles. The number of hydrogen-bond acceptors (Lipinski definition) is 5. The first kappa shape index (κ1) is 27.8. The van der Waals surface area contributed by atoms with Crippen molar-refractivity contribution in [3.63, 3.8) is 0 Å². The van der Waals surface area contributed by atoms with Gasteiger partial charge in [-0.25, -0.2) is 0 Å². The molecule has 8 nitrogen and oxygen atoms in total. The number of alkyl halides is 1. The summed E-state index contributed by atoms with van der Waals surface area (Å²) >= 11 is 10.2. The predicted octanol–water partition coefficient (Wildman–Crippen LogP) is 2.94. The number of likely N-dealkylation sites (tertiary alicyclic amines) is 1. The van der Waals surface area contributed by atoms with Crippen molar-refractivity contribution in [3.8, 4) is 0 Å². The van der Waals surface area contributed by atoms with E-state index in [4.69, 9.17) is 16.3 Å². The van der Waals surface area contributed by atoms with Gasteiger partial charge in [-0.3, -0.25) is 14.4 Å². The van der Waals surface area contributed by atoms with Gasteiger partial charge in [-0.05, 0) is 31.4 Å². The number of nitrogens with zero attached hydrogens (tertiary/aromatic N) is 3. The van der Waals surface area contributed by atoms with Gasteiger partial charge in [0.25, 0.3) is 5.91 Å². The molecule has 200 valence electrons. The van der Waals surface area contributed by atoms with Crippen LogP contribution in [0.25, 0.3) is 0 Å². The third kappa shape index (κ3) is 4.43. The smallest absolute Gasteiger partial charge is 0.253 e. The molecule has 1 spiro atoms. The Morgan fingerprint density at radius 1 is 1.30 bits per heavy atom. The third-order valence-corrected chi connectivity index (χ3v) is 8.83. The monoisotopic (exact) mass is 593 g/mol. The van der Waals surface area contributed by atoms with Crippen molar-refractivity contribution in [2.45, 2.75) is 42.3 Å². The van der Waals surface area contributed by atoms with Crippen LogP contribution in [-0.4, -0.2) is 88.5 Å². The Morgan fingerprint density at radius 3 is 2.62 bits per heavy atom. The van der Waals surface area contributed by atoms with Crippen molar-refractivity contribution < 1.29 is 24.2 Å². The van der Waals surface area contributed by atoms with Crippen molar-refractivity contribution in [1.82, 2.24) is 9.80 Å². The lowest BCUT2D eigenvalue weighted by Crippen LogP contribution is -2.57. The normalized spacial score (nSPS) is 29.8. The Labute approximate surface area is 231 Å². The predicted molar refractivity (Wildman–Crippen MR) is 146 cm³/mol. The number of benzene rings is 1. The number of ether oxygens (including phenoxy) is 1. The molecule has 3 heterocycles. The zero-order valence-corrected chi connectivity index (χ0v) is 23.5. The molecular formula is C27H33BrClN3O5. The van der Waals surface area contributed by atoms with E-state index in [1.807, 2.05) is 19.1 Å². The number of para-hydroxylation sites is 1. The van der Waals surface area contributed by atoms with Crippen molar-refractivity contribution in [1.29, 1.82) is 0 Å². The fraction of sp³-hybridized carbons (Fsp3) is 0.519. The zero-order valence-electron chi connectivity index (χ0n) is 21.1. The number of hydrogen-bond donors (Lipinski definition) is 1. The number of carbonyl (C=O) groups excluding carboxylic acids is 3. The number of likely N-dealkylation sites (N-methyl/N-ethyl adjacent to an activating group) is 1. The second-order valence-electron chi connectivity index (χ2n) is 9.92. The molecule has 3 aliphatic heterocycles. The summed E-state index contributed by atoms with van der Waals surface area (Å²) in [5.74, 6) is -2.41. The highest BCUT2D eigenvalue weighted by Gasteiger charge is 2.76. The lowest BCUT2D eigenvalue weighted by atomic mass is 9.70. The average Bonchev–Trinajstić information content (AvgIpc) is 3.44. The van der Waals surface area contributed by atoms with Gasteiger partial charge in [-0.1, -0.05) is 51.8 Å². The first-order valence-corrected chi connectivity index (χ1v) is 13.7. The van der Waals surface area contributed by atoms with Gasteiger partial charge >= 0.3 is 0 Å². The van der Waals surface area contributed by atoms with E-state index < -0.39 is 29.6 Å². The first-order valence-electron chi connectivity index (χ1n) is 12.4. The van der Waals surface area contributed by atoms with Crippen LogP contribution in [0.15, 0.2) is 43.5 Å². The molecule has 6 atom stereocenters. The summed E-state index contributed by atoms with van der Waals surface area (Å²) < 4.78 is 6.55. The van der Waals surface area contributed by atoms with Gasteiger partial charge in [0.05, 0.1) is 28.6 Å². The van der Waals surface area contributed by atoms with Crippen LogP contribution in [0.4, 0.5) is 5.69 Å². The number of aliphatic hydroxyl groups is 1. The molecule has 3 amide bonds. The number of aliphatic hydroxyl groups excluding tert-OH is 1. The molecular weight excluding hydrogens is 562 g/mol.